The number of hydrogen-bond donors (Lipinski definition) is 2. The van der Waals surface area contributed by atoms with Crippen LogP contribution < -0.4 is 10.2 Å². The molecule has 0 bridgehead atoms. The molecule has 134 valence electrons. The van der Waals surface area contributed by atoms with Crippen molar-refractivity contribution in [1.29, 1.82) is 0 Å². The number of nitrogens with zero attached hydrogens (tertiary/aromatic N) is 2. The Kier molecular flexibility index (Phi) is 5.03. The third kappa shape index (κ3) is 3.99. The van der Waals surface area contributed by atoms with Crippen molar-refractivity contribution in [2.24, 2.45) is 0 Å². The molecule has 1 saturated carbocycles. The molecule has 1 aliphatic heterocycles. The highest BCUT2D eigenvalue weighted by molar-refractivity contribution is 6.02. The van der Waals surface area contributed by atoms with Gasteiger partial charge in [-0.2, -0.15) is 0 Å². The summed E-state index contributed by atoms with van der Waals surface area (Å²) in [6.45, 7) is 2.28. The monoisotopic (exact) mass is 345 g/mol. The molecule has 0 spiro atoms. The maximum Gasteiger partial charge on any atom is 0.320 e. The van der Waals surface area contributed by atoms with Gasteiger partial charge in [-0.3, -0.25) is 19.3 Å². The number of benzene rings is 1. The van der Waals surface area contributed by atoms with Gasteiger partial charge < -0.3 is 15.3 Å². The molecule has 25 heavy (non-hydrogen) atoms. The molecule has 3 rings (SSSR count). The van der Waals surface area contributed by atoms with Crippen LogP contribution in [0, 0.1) is 0 Å². The fraction of sp³-hybridized carbons (Fsp3) is 0.500. The molecule has 1 aromatic rings. The van der Waals surface area contributed by atoms with Crippen LogP contribution in [0.4, 0.5) is 11.4 Å². The van der Waals surface area contributed by atoms with Crippen LogP contribution >= 0.6 is 0 Å². The van der Waals surface area contributed by atoms with Gasteiger partial charge in [-0.1, -0.05) is 12.1 Å². The lowest BCUT2D eigenvalue weighted by Crippen LogP contribution is -2.44. The van der Waals surface area contributed by atoms with Gasteiger partial charge in [0.15, 0.2) is 0 Å². The highest BCUT2D eigenvalue weighted by Crippen LogP contribution is 2.31. The van der Waals surface area contributed by atoms with Crippen LogP contribution in [0.3, 0.4) is 0 Å². The molecule has 1 heterocycles. The molecule has 1 aliphatic carbocycles. The molecule has 1 saturated heterocycles. The zero-order valence-electron chi connectivity index (χ0n) is 14.3. The average molecular weight is 345 g/mol. The quantitative estimate of drug-likeness (QED) is 0.785. The molecule has 1 unspecified atom stereocenters. The molecule has 2 N–H and O–H groups in total. The molecule has 7 nitrogen and oxygen atoms in total. The molecule has 1 atom stereocenters. The summed E-state index contributed by atoms with van der Waals surface area (Å²) in [6.07, 6.45) is 3.17. The van der Waals surface area contributed by atoms with E-state index < -0.39 is 12.0 Å². The molecule has 2 fully saturated rings. The van der Waals surface area contributed by atoms with Gasteiger partial charge in [-0.15, -0.1) is 0 Å². The van der Waals surface area contributed by atoms with Crippen molar-refractivity contribution in [2.75, 3.05) is 23.3 Å². The fourth-order valence-corrected chi connectivity index (χ4v) is 3.20. The smallest absolute Gasteiger partial charge is 0.320 e. The summed E-state index contributed by atoms with van der Waals surface area (Å²) in [5, 5.41) is 12.1. The lowest BCUT2D eigenvalue weighted by molar-refractivity contribution is -0.143. The number of para-hydroxylation sites is 2. The normalized spacial score (nSPS) is 18.5. The average Bonchev–Trinajstić information content (AvgIpc) is 3.34. The summed E-state index contributed by atoms with van der Waals surface area (Å²) in [5.41, 5.74) is 1.28. The van der Waals surface area contributed by atoms with Gasteiger partial charge in [0.05, 0.1) is 17.9 Å². The van der Waals surface area contributed by atoms with Crippen LogP contribution in [0.5, 0.6) is 0 Å². The Bertz CT molecular complexity index is 687. The third-order valence-corrected chi connectivity index (χ3v) is 4.74. The Hall–Kier alpha value is -2.41. The van der Waals surface area contributed by atoms with Gasteiger partial charge in [0.25, 0.3) is 0 Å². The highest BCUT2D eigenvalue weighted by Gasteiger charge is 2.36. The molecule has 1 aromatic carbocycles. The van der Waals surface area contributed by atoms with E-state index in [0.717, 1.165) is 19.3 Å². The lowest BCUT2D eigenvalue weighted by atomic mass is 10.2. The summed E-state index contributed by atoms with van der Waals surface area (Å²) in [6, 6.07) is 6.68. The van der Waals surface area contributed by atoms with E-state index in [0.29, 0.717) is 24.3 Å². The number of rotatable bonds is 7. The second-order valence-electron chi connectivity index (χ2n) is 6.63. The van der Waals surface area contributed by atoms with Gasteiger partial charge >= 0.3 is 5.97 Å². The third-order valence-electron chi connectivity index (χ3n) is 4.74. The second kappa shape index (κ2) is 7.23. The Morgan fingerprint density at radius 1 is 1.36 bits per heavy atom. The van der Waals surface area contributed by atoms with Crippen molar-refractivity contribution in [3.05, 3.63) is 24.3 Å². The summed E-state index contributed by atoms with van der Waals surface area (Å²) < 4.78 is 0. The fourth-order valence-electron chi connectivity index (χ4n) is 3.20. The molecule has 7 heteroatoms. The zero-order chi connectivity index (χ0) is 18.0. The van der Waals surface area contributed by atoms with E-state index in [1.165, 1.54) is 0 Å². The summed E-state index contributed by atoms with van der Waals surface area (Å²) >= 11 is 0. The zero-order valence-corrected chi connectivity index (χ0v) is 14.3. The van der Waals surface area contributed by atoms with E-state index in [2.05, 4.69) is 5.32 Å². The Balaban J connectivity index is 1.70. The molecule has 0 radical (unpaired) electrons. The highest BCUT2D eigenvalue weighted by atomic mass is 16.4. The van der Waals surface area contributed by atoms with Crippen LogP contribution in [-0.4, -0.2) is 53.0 Å². The largest absolute Gasteiger partial charge is 0.480 e. The Labute approximate surface area is 146 Å². The van der Waals surface area contributed by atoms with E-state index in [1.54, 1.807) is 28.9 Å². The van der Waals surface area contributed by atoms with E-state index in [1.807, 2.05) is 12.1 Å². The molecule has 0 aromatic heterocycles. The predicted octanol–water partition coefficient (Wildman–Crippen LogP) is 1.69. The maximum atomic E-state index is 12.5. The first-order chi connectivity index (χ1) is 12.0. The minimum absolute atomic E-state index is 0.0282. The maximum absolute atomic E-state index is 12.5. The number of anilines is 2. The van der Waals surface area contributed by atoms with Crippen LogP contribution in [0.2, 0.25) is 0 Å². The van der Waals surface area contributed by atoms with Crippen molar-refractivity contribution in [1.82, 2.24) is 4.90 Å². The number of carboxylic acids is 1. The van der Waals surface area contributed by atoms with Crippen molar-refractivity contribution in [3.8, 4) is 0 Å². The number of carbonyl (C=O) groups is 3. The standard InChI is InChI=1S/C18H23N3O4/c1-12(18(24)25)21(13-8-9-13)11-16(22)19-14-5-2-3-6-15(14)20-10-4-7-17(20)23/h2-3,5-6,12-13H,4,7-11H2,1H3,(H,19,22)(H,24,25). The number of amides is 2. The summed E-state index contributed by atoms with van der Waals surface area (Å²) in [5.74, 6) is -1.14. The SMILES string of the molecule is CC(C(=O)O)N(CC(=O)Nc1ccccc1N1CCCC1=O)C1CC1. The van der Waals surface area contributed by atoms with Crippen LogP contribution in [0.25, 0.3) is 0 Å². The van der Waals surface area contributed by atoms with Crippen LogP contribution in [0.15, 0.2) is 24.3 Å². The summed E-state index contributed by atoms with van der Waals surface area (Å²) in [7, 11) is 0. The van der Waals surface area contributed by atoms with Crippen molar-refractivity contribution in [3.63, 3.8) is 0 Å². The number of carboxylic acid groups (broad SMARTS) is 1. The van der Waals surface area contributed by atoms with E-state index in [-0.39, 0.29) is 24.4 Å². The Morgan fingerprint density at radius 3 is 2.68 bits per heavy atom. The minimum atomic E-state index is -0.928. The second-order valence-corrected chi connectivity index (χ2v) is 6.63. The van der Waals surface area contributed by atoms with Gasteiger partial charge in [0.2, 0.25) is 11.8 Å². The molecule has 2 aliphatic rings. The van der Waals surface area contributed by atoms with E-state index in [9.17, 15) is 19.5 Å². The topological polar surface area (TPSA) is 89.9 Å². The van der Waals surface area contributed by atoms with Gasteiger partial charge in [0.1, 0.15) is 6.04 Å². The number of nitrogens with one attached hydrogen (secondary N) is 1. The first kappa shape index (κ1) is 17.4. The first-order valence-corrected chi connectivity index (χ1v) is 8.65. The minimum Gasteiger partial charge on any atom is -0.480 e. The molecular formula is C18H23N3O4. The summed E-state index contributed by atoms with van der Waals surface area (Å²) in [4.78, 5) is 39.1. The van der Waals surface area contributed by atoms with Crippen LogP contribution in [0.1, 0.15) is 32.6 Å². The van der Waals surface area contributed by atoms with Crippen LogP contribution in [-0.2, 0) is 14.4 Å². The van der Waals surface area contributed by atoms with E-state index in [4.69, 9.17) is 0 Å². The van der Waals surface area contributed by atoms with Gasteiger partial charge in [-0.25, -0.2) is 0 Å². The van der Waals surface area contributed by atoms with Gasteiger partial charge in [-0.05, 0) is 38.3 Å². The number of hydrogen-bond acceptors (Lipinski definition) is 4. The number of carbonyl (C=O) groups excluding carboxylic acids is 2. The molecular weight excluding hydrogens is 322 g/mol. The van der Waals surface area contributed by atoms with Crippen molar-refractivity contribution >= 4 is 29.2 Å². The Morgan fingerprint density at radius 2 is 2.08 bits per heavy atom. The van der Waals surface area contributed by atoms with Crippen molar-refractivity contribution in [2.45, 2.75) is 44.7 Å². The number of aliphatic carboxylic acids is 1. The van der Waals surface area contributed by atoms with E-state index >= 15 is 0 Å². The van der Waals surface area contributed by atoms with Gasteiger partial charge in [0, 0.05) is 19.0 Å². The molecule has 2 amide bonds. The lowest BCUT2D eigenvalue weighted by Gasteiger charge is -2.26. The predicted molar refractivity (Wildman–Crippen MR) is 93.5 cm³/mol. The van der Waals surface area contributed by atoms with Crippen molar-refractivity contribution < 1.29 is 19.5 Å². The first-order valence-electron chi connectivity index (χ1n) is 8.65.